The molecule has 6 nitrogen and oxygen atoms in total. The van der Waals surface area contributed by atoms with Crippen LogP contribution in [0.3, 0.4) is 0 Å². The quantitative estimate of drug-likeness (QED) is 0.287. The van der Waals surface area contributed by atoms with Crippen molar-refractivity contribution in [2.24, 2.45) is 0 Å². The third-order valence-corrected chi connectivity index (χ3v) is 7.14. The standard InChI is InChI=1S/C27H32N4O2S/c1-6-30(7-2)22-15-13-21(14-16-22)23-25(28-17-20-11-9-18(4)10-12-20)31-19(5)24(26(32)33-8-3)34-27(31)29-23/h9-16,28H,6-8,17H2,1-5H3. The molecule has 0 spiro atoms. The van der Waals surface area contributed by atoms with Gasteiger partial charge >= 0.3 is 5.97 Å². The second kappa shape index (κ2) is 10.3. The number of fused-ring (bicyclic) bond motifs is 1. The predicted molar refractivity (Wildman–Crippen MR) is 141 cm³/mol. The first-order valence-electron chi connectivity index (χ1n) is 11.8. The third kappa shape index (κ3) is 4.66. The van der Waals surface area contributed by atoms with Crippen molar-refractivity contribution >= 4 is 33.8 Å². The summed E-state index contributed by atoms with van der Waals surface area (Å²) in [6.07, 6.45) is 0. The Kier molecular flexibility index (Phi) is 7.22. The number of nitrogens with zero attached hydrogens (tertiary/aromatic N) is 3. The number of anilines is 2. The molecule has 4 rings (SSSR count). The van der Waals surface area contributed by atoms with E-state index in [9.17, 15) is 4.79 Å². The van der Waals surface area contributed by atoms with Crippen LogP contribution in [0.1, 0.15) is 47.3 Å². The Morgan fingerprint density at radius 2 is 1.71 bits per heavy atom. The average Bonchev–Trinajstić information content (AvgIpc) is 3.37. The van der Waals surface area contributed by atoms with Crippen LogP contribution in [0.2, 0.25) is 0 Å². The number of nitrogens with one attached hydrogen (secondary N) is 1. The summed E-state index contributed by atoms with van der Waals surface area (Å²) in [5.74, 6) is 0.584. The van der Waals surface area contributed by atoms with Crippen LogP contribution in [0.15, 0.2) is 48.5 Å². The molecule has 178 valence electrons. The number of carbonyl (C=O) groups is 1. The fraction of sp³-hybridized carbons (Fsp3) is 0.333. The van der Waals surface area contributed by atoms with E-state index in [0.717, 1.165) is 40.8 Å². The summed E-state index contributed by atoms with van der Waals surface area (Å²) in [4.78, 5) is 21.1. The molecule has 0 aliphatic rings. The summed E-state index contributed by atoms with van der Waals surface area (Å²) in [6, 6.07) is 17.0. The van der Waals surface area contributed by atoms with E-state index in [1.165, 1.54) is 28.2 Å². The fourth-order valence-electron chi connectivity index (χ4n) is 4.11. The van der Waals surface area contributed by atoms with Gasteiger partial charge in [0.25, 0.3) is 0 Å². The number of aromatic nitrogens is 2. The molecule has 0 saturated heterocycles. The molecule has 0 fully saturated rings. The number of aryl methyl sites for hydroxylation is 2. The van der Waals surface area contributed by atoms with Crippen molar-refractivity contribution in [2.45, 2.75) is 41.2 Å². The summed E-state index contributed by atoms with van der Waals surface area (Å²) in [5, 5.41) is 3.60. The Labute approximate surface area is 205 Å². The van der Waals surface area contributed by atoms with Gasteiger partial charge in [0.15, 0.2) is 4.96 Å². The molecule has 0 aliphatic heterocycles. The predicted octanol–water partition coefficient (Wildman–Crippen LogP) is 6.31. The number of imidazole rings is 1. The van der Waals surface area contributed by atoms with Gasteiger partial charge in [0.1, 0.15) is 16.4 Å². The van der Waals surface area contributed by atoms with Crippen LogP contribution < -0.4 is 10.2 Å². The second-order valence-corrected chi connectivity index (χ2v) is 9.20. The molecule has 0 amide bonds. The molecule has 34 heavy (non-hydrogen) atoms. The van der Waals surface area contributed by atoms with Gasteiger partial charge in [-0.3, -0.25) is 4.40 Å². The van der Waals surface area contributed by atoms with E-state index in [1.54, 1.807) is 0 Å². The fourth-order valence-corrected chi connectivity index (χ4v) is 5.13. The molecule has 2 aromatic carbocycles. The largest absolute Gasteiger partial charge is 0.462 e. The van der Waals surface area contributed by atoms with Gasteiger partial charge in [-0.2, -0.15) is 0 Å². The number of rotatable bonds is 9. The zero-order valence-electron chi connectivity index (χ0n) is 20.5. The highest BCUT2D eigenvalue weighted by atomic mass is 32.1. The molecule has 1 N–H and O–H groups in total. The zero-order chi connectivity index (χ0) is 24.2. The van der Waals surface area contributed by atoms with Crippen LogP contribution in [0.5, 0.6) is 0 Å². The number of benzene rings is 2. The zero-order valence-corrected chi connectivity index (χ0v) is 21.3. The van der Waals surface area contributed by atoms with Crippen molar-refractivity contribution in [3.05, 3.63) is 70.2 Å². The molecule has 2 heterocycles. The third-order valence-electron chi connectivity index (χ3n) is 6.01. The van der Waals surface area contributed by atoms with Crippen LogP contribution >= 0.6 is 11.3 Å². The lowest BCUT2D eigenvalue weighted by Crippen LogP contribution is -2.21. The Morgan fingerprint density at radius 3 is 2.32 bits per heavy atom. The number of ether oxygens (including phenoxy) is 1. The Morgan fingerprint density at radius 1 is 1.03 bits per heavy atom. The number of thiazole rings is 1. The minimum atomic E-state index is -0.301. The van der Waals surface area contributed by atoms with Gasteiger partial charge in [-0.25, -0.2) is 9.78 Å². The number of hydrogen-bond donors (Lipinski definition) is 1. The van der Waals surface area contributed by atoms with Gasteiger partial charge in [0.2, 0.25) is 0 Å². The molecular formula is C27H32N4O2S. The maximum absolute atomic E-state index is 12.5. The molecule has 4 aromatic rings. The van der Waals surface area contributed by atoms with E-state index in [2.05, 4.69) is 79.5 Å². The van der Waals surface area contributed by atoms with Crippen LogP contribution in [-0.2, 0) is 11.3 Å². The first kappa shape index (κ1) is 23.8. The first-order valence-corrected chi connectivity index (χ1v) is 12.6. The van der Waals surface area contributed by atoms with E-state index in [4.69, 9.17) is 9.72 Å². The monoisotopic (exact) mass is 476 g/mol. The summed E-state index contributed by atoms with van der Waals surface area (Å²) in [5.41, 5.74) is 6.37. The topological polar surface area (TPSA) is 58.9 Å². The van der Waals surface area contributed by atoms with Gasteiger partial charge in [0.05, 0.1) is 6.61 Å². The van der Waals surface area contributed by atoms with E-state index < -0.39 is 0 Å². The highest BCUT2D eigenvalue weighted by molar-refractivity contribution is 7.19. The van der Waals surface area contributed by atoms with E-state index >= 15 is 0 Å². The maximum Gasteiger partial charge on any atom is 0.350 e. The summed E-state index contributed by atoms with van der Waals surface area (Å²) >= 11 is 1.37. The van der Waals surface area contributed by atoms with Crippen LogP contribution in [-0.4, -0.2) is 35.1 Å². The number of carbonyl (C=O) groups excluding carboxylic acids is 1. The lowest BCUT2D eigenvalue weighted by molar-refractivity contribution is 0.0531. The smallest absolute Gasteiger partial charge is 0.350 e. The lowest BCUT2D eigenvalue weighted by atomic mass is 10.1. The van der Waals surface area contributed by atoms with E-state index in [-0.39, 0.29) is 5.97 Å². The molecular weight excluding hydrogens is 444 g/mol. The second-order valence-electron chi connectivity index (χ2n) is 8.22. The highest BCUT2D eigenvalue weighted by Crippen LogP contribution is 2.36. The molecule has 0 radical (unpaired) electrons. The van der Waals surface area contributed by atoms with E-state index in [1.807, 2.05) is 18.2 Å². The maximum atomic E-state index is 12.5. The molecule has 0 atom stereocenters. The molecule has 0 unspecified atom stereocenters. The van der Waals surface area contributed by atoms with Crippen LogP contribution in [0, 0.1) is 13.8 Å². The first-order chi connectivity index (χ1) is 16.5. The summed E-state index contributed by atoms with van der Waals surface area (Å²) in [6.45, 7) is 13.1. The van der Waals surface area contributed by atoms with Crippen molar-refractivity contribution in [3.63, 3.8) is 0 Å². The van der Waals surface area contributed by atoms with Crippen molar-refractivity contribution in [1.82, 2.24) is 9.38 Å². The molecule has 0 saturated carbocycles. The Bertz CT molecular complexity index is 1270. The van der Waals surface area contributed by atoms with Crippen LogP contribution in [0.4, 0.5) is 11.5 Å². The Balaban J connectivity index is 1.76. The summed E-state index contributed by atoms with van der Waals surface area (Å²) < 4.78 is 7.31. The Hall–Kier alpha value is -3.32. The van der Waals surface area contributed by atoms with E-state index in [0.29, 0.717) is 18.0 Å². The van der Waals surface area contributed by atoms with Gasteiger partial charge < -0.3 is 15.0 Å². The molecule has 2 aromatic heterocycles. The van der Waals surface area contributed by atoms with Gasteiger partial charge in [-0.15, -0.1) is 0 Å². The van der Waals surface area contributed by atoms with Crippen molar-refractivity contribution in [1.29, 1.82) is 0 Å². The van der Waals surface area contributed by atoms with Crippen molar-refractivity contribution < 1.29 is 9.53 Å². The normalized spacial score (nSPS) is 11.1. The summed E-state index contributed by atoms with van der Waals surface area (Å²) in [7, 11) is 0. The van der Waals surface area contributed by atoms with Crippen molar-refractivity contribution in [3.8, 4) is 11.3 Å². The molecule has 7 heteroatoms. The van der Waals surface area contributed by atoms with Crippen LogP contribution in [0.25, 0.3) is 16.2 Å². The highest BCUT2D eigenvalue weighted by Gasteiger charge is 2.23. The van der Waals surface area contributed by atoms with Crippen molar-refractivity contribution in [2.75, 3.05) is 29.9 Å². The van der Waals surface area contributed by atoms with Gasteiger partial charge in [-0.1, -0.05) is 53.3 Å². The minimum Gasteiger partial charge on any atom is -0.462 e. The van der Waals surface area contributed by atoms with Gasteiger partial charge in [-0.05, 0) is 52.3 Å². The molecule has 0 aliphatic carbocycles. The molecule has 0 bridgehead atoms. The van der Waals surface area contributed by atoms with Gasteiger partial charge in [0, 0.05) is 36.6 Å². The number of hydrogen-bond acceptors (Lipinski definition) is 6. The minimum absolute atomic E-state index is 0.301. The number of esters is 1. The lowest BCUT2D eigenvalue weighted by Gasteiger charge is -2.21. The average molecular weight is 477 g/mol. The SMILES string of the molecule is CCOC(=O)c1sc2nc(-c3ccc(N(CC)CC)cc3)c(NCc3ccc(C)cc3)n2c1C.